The fourth-order valence-corrected chi connectivity index (χ4v) is 3.57. The number of halogens is 5. The van der Waals surface area contributed by atoms with Crippen molar-refractivity contribution >= 4 is 22.9 Å². The van der Waals surface area contributed by atoms with Crippen molar-refractivity contribution in [2.45, 2.75) is 12.9 Å². The topological polar surface area (TPSA) is 84.9 Å². The first kappa shape index (κ1) is 23.9. The van der Waals surface area contributed by atoms with Crippen LogP contribution in [0.4, 0.5) is 27.6 Å². The SMILES string of the molecule is O=C(c1ccc(NS(=O)[O-])c(OC(F)(F)F)c1)N1CCN(Cc2ccc(F)c(F)c2)CC1. The van der Waals surface area contributed by atoms with Gasteiger partial charge in [-0.25, -0.2) is 8.78 Å². The molecule has 1 fully saturated rings. The zero-order valence-electron chi connectivity index (χ0n) is 16.3. The van der Waals surface area contributed by atoms with Crippen LogP contribution < -0.4 is 9.46 Å². The number of amides is 1. The highest BCUT2D eigenvalue weighted by molar-refractivity contribution is 7.80. The minimum atomic E-state index is -5.09. The molecule has 0 radical (unpaired) electrons. The van der Waals surface area contributed by atoms with E-state index in [9.17, 15) is 35.5 Å². The molecule has 2 aromatic carbocycles. The van der Waals surface area contributed by atoms with Crippen LogP contribution in [0.3, 0.4) is 0 Å². The second-order valence-electron chi connectivity index (χ2n) is 6.91. The average Bonchev–Trinajstić information content (AvgIpc) is 2.71. The Labute approximate surface area is 182 Å². The molecule has 1 heterocycles. The molecule has 0 spiro atoms. The summed E-state index contributed by atoms with van der Waals surface area (Å²) >= 11 is -2.89. The zero-order chi connectivity index (χ0) is 23.5. The first-order valence-corrected chi connectivity index (χ1v) is 10.3. The summed E-state index contributed by atoms with van der Waals surface area (Å²) in [5.41, 5.74) is -0.0134. The minimum Gasteiger partial charge on any atom is -0.755 e. The van der Waals surface area contributed by atoms with Gasteiger partial charge >= 0.3 is 6.36 Å². The molecule has 1 atom stereocenters. The number of rotatable bonds is 6. The summed E-state index contributed by atoms with van der Waals surface area (Å²) in [4.78, 5) is 16.1. The van der Waals surface area contributed by atoms with Crippen LogP contribution in [0, 0.1) is 11.6 Å². The molecule has 1 amide bonds. The van der Waals surface area contributed by atoms with Crippen molar-refractivity contribution in [2.24, 2.45) is 0 Å². The van der Waals surface area contributed by atoms with Gasteiger partial charge in [-0.05, 0) is 35.9 Å². The largest absolute Gasteiger partial charge is 0.755 e. The summed E-state index contributed by atoms with van der Waals surface area (Å²) < 4.78 is 91.6. The van der Waals surface area contributed by atoms with Crippen molar-refractivity contribution in [3.8, 4) is 5.75 Å². The number of carbonyl (C=O) groups excluding carboxylic acids is 1. The lowest BCUT2D eigenvalue weighted by Crippen LogP contribution is -2.48. The highest BCUT2D eigenvalue weighted by atomic mass is 32.2. The molecule has 1 aliphatic rings. The standard InChI is InChI=1S/C19H18F5N3O4S/c20-14-3-1-12(9-15(14)21)11-26-5-7-27(8-6-26)18(28)13-2-4-16(25-32(29)30)17(10-13)31-19(22,23)24/h1-4,9-10,25H,5-8,11H2,(H,29,30)/p-1. The van der Waals surface area contributed by atoms with E-state index in [2.05, 4.69) is 4.74 Å². The molecule has 32 heavy (non-hydrogen) atoms. The number of carbonyl (C=O) groups is 1. The van der Waals surface area contributed by atoms with E-state index in [4.69, 9.17) is 0 Å². The van der Waals surface area contributed by atoms with Crippen LogP contribution in [0.2, 0.25) is 0 Å². The van der Waals surface area contributed by atoms with Gasteiger partial charge < -0.3 is 18.9 Å². The molecular formula is C19H17F5N3O4S-. The molecule has 1 N–H and O–H groups in total. The Morgan fingerprint density at radius 3 is 2.34 bits per heavy atom. The summed E-state index contributed by atoms with van der Waals surface area (Å²) in [6, 6.07) is 6.60. The molecule has 1 saturated heterocycles. The van der Waals surface area contributed by atoms with E-state index in [0.717, 1.165) is 24.3 Å². The van der Waals surface area contributed by atoms with Crippen molar-refractivity contribution in [1.29, 1.82) is 0 Å². The fraction of sp³-hybridized carbons (Fsp3) is 0.316. The van der Waals surface area contributed by atoms with E-state index in [1.807, 2.05) is 4.90 Å². The van der Waals surface area contributed by atoms with Crippen LogP contribution in [0.25, 0.3) is 0 Å². The Balaban J connectivity index is 1.66. The van der Waals surface area contributed by atoms with Crippen molar-refractivity contribution in [3.05, 3.63) is 59.2 Å². The van der Waals surface area contributed by atoms with E-state index in [-0.39, 0.29) is 18.7 Å². The maximum Gasteiger partial charge on any atom is 0.573 e. The molecule has 0 aliphatic carbocycles. The molecule has 174 valence electrons. The van der Waals surface area contributed by atoms with Crippen LogP contribution in [0.1, 0.15) is 15.9 Å². The first-order chi connectivity index (χ1) is 15.0. The molecule has 0 aromatic heterocycles. The number of anilines is 1. The molecule has 0 saturated carbocycles. The first-order valence-electron chi connectivity index (χ1n) is 9.23. The van der Waals surface area contributed by atoms with E-state index >= 15 is 0 Å². The molecule has 0 bridgehead atoms. The highest BCUT2D eigenvalue weighted by Gasteiger charge is 2.33. The third-order valence-electron chi connectivity index (χ3n) is 4.70. The van der Waals surface area contributed by atoms with E-state index < -0.39 is 46.6 Å². The normalized spacial score (nSPS) is 16.0. The number of hydrogen-bond acceptors (Lipinski definition) is 5. The van der Waals surface area contributed by atoms with Crippen LogP contribution in [0.5, 0.6) is 5.75 Å². The summed E-state index contributed by atoms with van der Waals surface area (Å²) in [7, 11) is 0. The fourth-order valence-electron chi connectivity index (χ4n) is 3.23. The Kier molecular flexibility index (Phi) is 7.31. The lowest BCUT2D eigenvalue weighted by molar-refractivity contribution is -0.274. The number of nitrogens with zero attached hydrogens (tertiary/aromatic N) is 2. The monoisotopic (exact) mass is 478 g/mol. The van der Waals surface area contributed by atoms with E-state index in [1.54, 1.807) is 4.72 Å². The number of benzene rings is 2. The number of alkyl halides is 3. The van der Waals surface area contributed by atoms with E-state index in [1.165, 1.54) is 17.0 Å². The number of nitrogens with one attached hydrogen (secondary N) is 1. The Bertz CT molecular complexity index is 1010. The van der Waals surface area contributed by atoms with Crippen LogP contribution in [-0.4, -0.2) is 57.0 Å². The molecular weight excluding hydrogens is 461 g/mol. The Morgan fingerprint density at radius 1 is 1.06 bits per heavy atom. The van der Waals surface area contributed by atoms with Gasteiger partial charge in [0.15, 0.2) is 17.4 Å². The highest BCUT2D eigenvalue weighted by Crippen LogP contribution is 2.32. The lowest BCUT2D eigenvalue weighted by atomic mass is 10.1. The van der Waals surface area contributed by atoms with Crippen molar-refractivity contribution < 1.29 is 40.2 Å². The van der Waals surface area contributed by atoms with Crippen molar-refractivity contribution in [2.75, 3.05) is 30.9 Å². The Hall–Kier alpha value is -2.77. The predicted octanol–water partition coefficient (Wildman–Crippen LogP) is 3.03. The molecule has 7 nitrogen and oxygen atoms in total. The number of piperazine rings is 1. The van der Waals surface area contributed by atoms with Gasteiger partial charge in [-0.1, -0.05) is 6.07 Å². The third kappa shape index (κ3) is 6.37. The van der Waals surface area contributed by atoms with Crippen LogP contribution in [-0.2, 0) is 17.8 Å². The maximum atomic E-state index is 13.4. The van der Waals surface area contributed by atoms with Gasteiger partial charge in [0.2, 0.25) is 0 Å². The summed E-state index contributed by atoms with van der Waals surface area (Å²) in [5.74, 6) is -3.31. The average molecular weight is 478 g/mol. The van der Waals surface area contributed by atoms with Crippen LogP contribution >= 0.6 is 0 Å². The third-order valence-corrected chi connectivity index (χ3v) is 5.08. The van der Waals surface area contributed by atoms with Gasteiger partial charge in [0.1, 0.15) is 0 Å². The van der Waals surface area contributed by atoms with Gasteiger partial charge in [0, 0.05) is 49.6 Å². The smallest absolute Gasteiger partial charge is 0.573 e. The van der Waals surface area contributed by atoms with Gasteiger partial charge in [-0.15, -0.1) is 13.2 Å². The molecule has 3 rings (SSSR count). The second-order valence-corrected chi connectivity index (χ2v) is 7.59. The van der Waals surface area contributed by atoms with Crippen LogP contribution in [0.15, 0.2) is 36.4 Å². The summed E-state index contributed by atoms with van der Waals surface area (Å²) in [6.45, 7) is 1.66. The van der Waals surface area contributed by atoms with Gasteiger partial charge in [0.05, 0.1) is 5.69 Å². The second kappa shape index (κ2) is 9.79. The Morgan fingerprint density at radius 2 is 1.75 bits per heavy atom. The van der Waals surface area contributed by atoms with E-state index in [0.29, 0.717) is 25.2 Å². The van der Waals surface area contributed by atoms with Crippen molar-refractivity contribution in [1.82, 2.24) is 9.80 Å². The van der Waals surface area contributed by atoms with Crippen molar-refractivity contribution in [3.63, 3.8) is 0 Å². The molecule has 13 heteroatoms. The predicted molar refractivity (Wildman–Crippen MR) is 103 cm³/mol. The summed E-state index contributed by atoms with van der Waals surface area (Å²) in [6.07, 6.45) is -5.09. The minimum absolute atomic E-state index is 0.111. The quantitative estimate of drug-likeness (QED) is 0.510. The molecule has 2 aromatic rings. The van der Waals surface area contributed by atoms with Gasteiger partial charge in [0.25, 0.3) is 5.91 Å². The van der Waals surface area contributed by atoms with Gasteiger partial charge in [-0.3, -0.25) is 13.9 Å². The lowest BCUT2D eigenvalue weighted by Gasteiger charge is -2.35. The summed E-state index contributed by atoms with van der Waals surface area (Å²) in [5, 5.41) is 0. The molecule has 1 aliphatic heterocycles. The number of hydrogen-bond donors (Lipinski definition) is 1. The van der Waals surface area contributed by atoms with Gasteiger partial charge in [-0.2, -0.15) is 0 Å². The molecule has 1 unspecified atom stereocenters. The zero-order valence-corrected chi connectivity index (χ0v) is 17.1. The number of ether oxygens (including phenoxy) is 1. The maximum absolute atomic E-state index is 13.4.